The summed E-state index contributed by atoms with van der Waals surface area (Å²) in [5, 5.41) is 4.19. The Labute approximate surface area is 104 Å². The van der Waals surface area contributed by atoms with Gasteiger partial charge in [-0.25, -0.2) is 0 Å². The number of rotatable bonds is 6. The SMILES string of the molecule is CCCNC(C)c1ccccc1SC(C)C. The number of hydrogen-bond acceptors (Lipinski definition) is 2. The van der Waals surface area contributed by atoms with E-state index in [0.717, 1.165) is 6.54 Å². The molecule has 0 aliphatic carbocycles. The van der Waals surface area contributed by atoms with Crippen LogP contribution in [0.3, 0.4) is 0 Å². The highest BCUT2D eigenvalue weighted by molar-refractivity contribution is 8.00. The van der Waals surface area contributed by atoms with Gasteiger partial charge in [-0.1, -0.05) is 39.0 Å². The van der Waals surface area contributed by atoms with E-state index in [2.05, 4.69) is 57.3 Å². The molecule has 16 heavy (non-hydrogen) atoms. The summed E-state index contributed by atoms with van der Waals surface area (Å²) in [7, 11) is 0. The molecule has 1 N–H and O–H groups in total. The molecule has 2 heteroatoms. The summed E-state index contributed by atoms with van der Waals surface area (Å²) in [5.74, 6) is 0. The van der Waals surface area contributed by atoms with Crippen LogP contribution in [0.2, 0.25) is 0 Å². The highest BCUT2D eigenvalue weighted by atomic mass is 32.2. The minimum Gasteiger partial charge on any atom is -0.310 e. The van der Waals surface area contributed by atoms with E-state index in [1.807, 2.05) is 11.8 Å². The first-order valence-electron chi connectivity index (χ1n) is 6.14. The number of hydrogen-bond donors (Lipinski definition) is 1. The average Bonchev–Trinajstić information content (AvgIpc) is 2.26. The van der Waals surface area contributed by atoms with Crippen molar-refractivity contribution in [2.75, 3.05) is 6.54 Å². The second-order valence-corrected chi connectivity index (χ2v) is 6.00. The van der Waals surface area contributed by atoms with Crippen molar-refractivity contribution in [1.29, 1.82) is 0 Å². The van der Waals surface area contributed by atoms with Gasteiger partial charge < -0.3 is 5.32 Å². The molecule has 90 valence electrons. The molecule has 1 aromatic carbocycles. The third-order valence-corrected chi connectivity index (χ3v) is 3.55. The van der Waals surface area contributed by atoms with E-state index >= 15 is 0 Å². The fraction of sp³-hybridized carbons (Fsp3) is 0.571. The normalized spacial score (nSPS) is 13.1. The molecule has 1 unspecified atom stereocenters. The molecule has 0 aromatic heterocycles. The summed E-state index contributed by atoms with van der Waals surface area (Å²) in [6.45, 7) is 10.0. The van der Waals surface area contributed by atoms with Gasteiger partial charge in [0.15, 0.2) is 0 Å². The van der Waals surface area contributed by atoms with Crippen LogP contribution in [0.15, 0.2) is 29.2 Å². The molecule has 0 aliphatic heterocycles. The molecule has 1 atom stereocenters. The van der Waals surface area contributed by atoms with Crippen molar-refractivity contribution in [3.63, 3.8) is 0 Å². The topological polar surface area (TPSA) is 12.0 Å². The second kappa shape index (κ2) is 6.97. The molecule has 0 radical (unpaired) electrons. The third-order valence-electron chi connectivity index (χ3n) is 2.45. The van der Waals surface area contributed by atoms with Gasteiger partial charge in [-0.15, -0.1) is 11.8 Å². The van der Waals surface area contributed by atoms with E-state index in [9.17, 15) is 0 Å². The Morgan fingerprint density at radius 3 is 2.50 bits per heavy atom. The molecule has 0 heterocycles. The van der Waals surface area contributed by atoms with Crippen molar-refractivity contribution < 1.29 is 0 Å². The standard InChI is InChI=1S/C14H23NS/c1-5-10-15-12(4)13-8-6-7-9-14(13)16-11(2)3/h6-9,11-12,15H,5,10H2,1-4H3. The van der Waals surface area contributed by atoms with Gasteiger partial charge >= 0.3 is 0 Å². The molecule has 0 fully saturated rings. The quantitative estimate of drug-likeness (QED) is 0.742. The molecule has 0 amide bonds. The Balaban J connectivity index is 2.76. The number of thioether (sulfide) groups is 1. The van der Waals surface area contributed by atoms with Gasteiger partial charge in [0, 0.05) is 16.2 Å². The summed E-state index contributed by atoms with van der Waals surface area (Å²) in [6, 6.07) is 9.16. The van der Waals surface area contributed by atoms with Crippen LogP contribution in [0.25, 0.3) is 0 Å². The first kappa shape index (κ1) is 13.6. The predicted molar refractivity (Wildman–Crippen MR) is 74.1 cm³/mol. The summed E-state index contributed by atoms with van der Waals surface area (Å²) in [4.78, 5) is 1.41. The molecule has 1 nitrogen and oxygen atoms in total. The van der Waals surface area contributed by atoms with E-state index in [4.69, 9.17) is 0 Å². The van der Waals surface area contributed by atoms with Crippen LogP contribution in [-0.2, 0) is 0 Å². The molecule has 1 rings (SSSR count). The predicted octanol–water partition coefficient (Wildman–Crippen LogP) is 4.25. The Morgan fingerprint density at radius 2 is 1.88 bits per heavy atom. The fourth-order valence-corrected chi connectivity index (χ4v) is 2.72. The summed E-state index contributed by atoms with van der Waals surface area (Å²) >= 11 is 1.95. The zero-order valence-corrected chi connectivity index (χ0v) is 11.6. The van der Waals surface area contributed by atoms with Gasteiger partial charge in [-0.3, -0.25) is 0 Å². The lowest BCUT2D eigenvalue weighted by Gasteiger charge is -2.18. The summed E-state index contributed by atoms with van der Waals surface area (Å²) in [5.41, 5.74) is 1.43. The Kier molecular flexibility index (Phi) is 5.93. The monoisotopic (exact) mass is 237 g/mol. The smallest absolute Gasteiger partial charge is 0.0302 e. The highest BCUT2D eigenvalue weighted by Crippen LogP contribution is 2.30. The molecular formula is C14H23NS. The highest BCUT2D eigenvalue weighted by Gasteiger charge is 2.10. The van der Waals surface area contributed by atoms with Crippen molar-refractivity contribution in [1.82, 2.24) is 5.32 Å². The van der Waals surface area contributed by atoms with E-state index in [-0.39, 0.29) is 0 Å². The minimum atomic E-state index is 0.447. The zero-order chi connectivity index (χ0) is 12.0. The van der Waals surface area contributed by atoms with Crippen LogP contribution in [0.4, 0.5) is 0 Å². The van der Waals surface area contributed by atoms with E-state index < -0.39 is 0 Å². The molecule has 0 bridgehead atoms. The van der Waals surface area contributed by atoms with Gasteiger partial charge in [-0.2, -0.15) is 0 Å². The maximum atomic E-state index is 3.55. The van der Waals surface area contributed by atoms with Gasteiger partial charge in [0.2, 0.25) is 0 Å². The van der Waals surface area contributed by atoms with Crippen molar-refractivity contribution in [2.24, 2.45) is 0 Å². The van der Waals surface area contributed by atoms with E-state index in [1.54, 1.807) is 0 Å². The molecule has 0 spiro atoms. The first-order valence-corrected chi connectivity index (χ1v) is 7.02. The van der Waals surface area contributed by atoms with Gasteiger partial charge in [0.25, 0.3) is 0 Å². The van der Waals surface area contributed by atoms with Gasteiger partial charge in [-0.05, 0) is 31.5 Å². The van der Waals surface area contributed by atoms with Crippen LogP contribution < -0.4 is 5.32 Å². The summed E-state index contributed by atoms with van der Waals surface area (Å²) in [6.07, 6.45) is 1.18. The maximum Gasteiger partial charge on any atom is 0.0302 e. The minimum absolute atomic E-state index is 0.447. The maximum absolute atomic E-state index is 3.55. The first-order chi connectivity index (χ1) is 7.65. The van der Waals surface area contributed by atoms with Crippen LogP contribution in [-0.4, -0.2) is 11.8 Å². The third kappa shape index (κ3) is 4.18. The molecule has 0 saturated heterocycles. The lowest BCUT2D eigenvalue weighted by Crippen LogP contribution is -2.19. The largest absolute Gasteiger partial charge is 0.310 e. The molecule has 1 aromatic rings. The summed E-state index contributed by atoms with van der Waals surface area (Å²) < 4.78 is 0. The lowest BCUT2D eigenvalue weighted by molar-refractivity contribution is 0.564. The second-order valence-electron chi connectivity index (χ2n) is 4.38. The van der Waals surface area contributed by atoms with Crippen molar-refractivity contribution in [3.05, 3.63) is 29.8 Å². The van der Waals surface area contributed by atoms with Crippen LogP contribution in [0, 0.1) is 0 Å². The van der Waals surface area contributed by atoms with Crippen LogP contribution in [0.5, 0.6) is 0 Å². The van der Waals surface area contributed by atoms with Crippen molar-refractivity contribution >= 4 is 11.8 Å². The van der Waals surface area contributed by atoms with Crippen molar-refractivity contribution in [3.8, 4) is 0 Å². The number of benzene rings is 1. The number of nitrogens with one attached hydrogen (secondary N) is 1. The van der Waals surface area contributed by atoms with Crippen LogP contribution >= 0.6 is 11.8 Å². The van der Waals surface area contributed by atoms with Crippen LogP contribution in [0.1, 0.15) is 45.7 Å². The van der Waals surface area contributed by atoms with Gasteiger partial charge in [0.1, 0.15) is 0 Å². The Morgan fingerprint density at radius 1 is 1.19 bits per heavy atom. The van der Waals surface area contributed by atoms with Gasteiger partial charge in [0.05, 0.1) is 0 Å². The molecule has 0 aliphatic rings. The zero-order valence-electron chi connectivity index (χ0n) is 10.8. The Hall–Kier alpha value is -0.470. The van der Waals surface area contributed by atoms with E-state index in [1.165, 1.54) is 16.9 Å². The molecular weight excluding hydrogens is 214 g/mol. The van der Waals surface area contributed by atoms with E-state index in [0.29, 0.717) is 11.3 Å². The lowest BCUT2D eigenvalue weighted by atomic mass is 10.1. The fourth-order valence-electron chi connectivity index (χ4n) is 1.67. The van der Waals surface area contributed by atoms with Crippen molar-refractivity contribution in [2.45, 2.75) is 50.3 Å². The Bertz CT molecular complexity index is 309. The molecule has 0 saturated carbocycles. The average molecular weight is 237 g/mol.